The molecule has 2 N–H and O–H groups in total. The topological polar surface area (TPSA) is 45.7 Å². The van der Waals surface area contributed by atoms with E-state index in [9.17, 15) is 0 Å². The summed E-state index contributed by atoms with van der Waals surface area (Å²) in [5.41, 5.74) is 2.73. The van der Waals surface area contributed by atoms with Crippen LogP contribution in [0.5, 0.6) is 0 Å². The minimum atomic E-state index is 0.236. The summed E-state index contributed by atoms with van der Waals surface area (Å²) in [6.07, 6.45) is 4.28. The lowest BCUT2D eigenvalue weighted by atomic mass is 10.1. The molecule has 0 aliphatic carbocycles. The number of aliphatic imine (C=N–C) groups is 1. The molecule has 1 aliphatic heterocycles. The molecule has 0 aromatic heterocycles. The van der Waals surface area contributed by atoms with Gasteiger partial charge in [-0.05, 0) is 25.3 Å². The van der Waals surface area contributed by atoms with E-state index in [0.29, 0.717) is 0 Å². The highest BCUT2D eigenvalue weighted by Crippen LogP contribution is 2.12. The predicted molar refractivity (Wildman–Crippen MR) is 87.5 cm³/mol. The quantitative estimate of drug-likeness (QED) is 0.497. The van der Waals surface area contributed by atoms with Gasteiger partial charge in [-0.3, -0.25) is 4.99 Å². The van der Waals surface area contributed by atoms with Gasteiger partial charge in [-0.25, -0.2) is 0 Å². The number of guanidine groups is 1. The van der Waals surface area contributed by atoms with Crippen LogP contribution in [0.2, 0.25) is 0 Å². The number of benzene rings is 1. The Morgan fingerprint density at radius 3 is 2.81 bits per heavy atom. The van der Waals surface area contributed by atoms with Gasteiger partial charge >= 0.3 is 0 Å². The predicted octanol–water partition coefficient (Wildman–Crippen LogP) is 2.65. The maximum Gasteiger partial charge on any atom is 0.191 e. The standard InChI is InChI=1S/C17H25N3O/c1-14(16-6-4-3-5-7-16)20-17(18-2)19-11-8-15-9-12-21-13-10-15/h3-7,9,14H,8,10-13H2,1-2H3,(H2,18,19,20). The molecular weight excluding hydrogens is 262 g/mol. The molecule has 4 nitrogen and oxygen atoms in total. The van der Waals surface area contributed by atoms with Gasteiger partial charge in [-0.1, -0.05) is 42.0 Å². The van der Waals surface area contributed by atoms with E-state index in [1.54, 1.807) is 7.05 Å². The molecule has 1 heterocycles. The molecule has 1 atom stereocenters. The Bertz CT molecular complexity index is 482. The first-order valence-electron chi connectivity index (χ1n) is 7.57. The van der Waals surface area contributed by atoms with Gasteiger partial charge in [0.1, 0.15) is 0 Å². The van der Waals surface area contributed by atoms with E-state index in [2.05, 4.69) is 52.9 Å². The number of rotatable bonds is 5. The van der Waals surface area contributed by atoms with Crippen molar-refractivity contribution in [2.75, 3.05) is 26.8 Å². The summed E-state index contributed by atoms with van der Waals surface area (Å²) in [6, 6.07) is 10.6. The van der Waals surface area contributed by atoms with Gasteiger partial charge in [-0.2, -0.15) is 0 Å². The average molecular weight is 287 g/mol. The van der Waals surface area contributed by atoms with Crippen LogP contribution in [0.15, 0.2) is 47.0 Å². The molecule has 1 unspecified atom stereocenters. The van der Waals surface area contributed by atoms with Crippen molar-refractivity contribution in [3.63, 3.8) is 0 Å². The molecule has 0 amide bonds. The van der Waals surface area contributed by atoms with Gasteiger partial charge in [0.2, 0.25) is 0 Å². The zero-order valence-electron chi connectivity index (χ0n) is 12.9. The van der Waals surface area contributed by atoms with Crippen LogP contribution in [0.1, 0.15) is 31.4 Å². The van der Waals surface area contributed by atoms with E-state index in [1.807, 2.05) is 6.07 Å². The number of nitrogens with one attached hydrogen (secondary N) is 2. The Hall–Kier alpha value is -1.81. The van der Waals surface area contributed by atoms with E-state index in [0.717, 1.165) is 38.6 Å². The first kappa shape index (κ1) is 15.6. The van der Waals surface area contributed by atoms with Crippen molar-refractivity contribution in [2.45, 2.75) is 25.8 Å². The second-order valence-electron chi connectivity index (χ2n) is 5.21. The van der Waals surface area contributed by atoms with Gasteiger partial charge < -0.3 is 15.4 Å². The van der Waals surface area contributed by atoms with Crippen molar-refractivity contribution in [2.24, 2.45) is 4.99 Å². The molecule has 2 rings (SSSR count). The van der Waals surface area contributed by atoms with Gasteiger partial charge in [0.25, 0.3) is 0 Å². The van der Waals surface area contributed by atoms with Crippen LogP contribution >= 0.6 is 0 Å². The molecule has 0 radical (unpaired) electrons. The van der Waals surface area contributed by atoms with Crippen LogP contribution in [0.3, 0.4) is 0 Å². The maximum atomic E-state index is 5.32. The number of hydrogen-bond acceptors (Lipinski definition) is 2. The molecular formula is C17H25N3O. The van der Waals surface area contributed by atoms with Gasteiger partial charge in [0.05, 0.1) is 19.3 Å². The number of hydrogen-bond donors (Lipinski definition) is 2. The van der Waals surface area contributed by atoms with Crippen LogP contribution in [-0.2, 0) is 4.74 Å². The Morgan fingerprint density at radius 2 is 2.14 bits per heavy atom. The summed E-state index contributed by atoms with van der Waals surface area (Å²) in [6.45, 7) is 4.65. The zero-order valence-corrected chi connectivity index (χ0v) is 12.9. The summed E-state index contributed by atoms with van der Waals surface area (Å²) in [5, 5.41) is 6.79. The fraction of sp³-hybridized carbons (Fsp3) is 0.471. The Kier molecular flexibility index (Phi) is 6.28. The maximum absolute atomic E-state index is 5.32. The van der Waals surface area contributed by atoms with Crippen molar-refractivity contribution in [3.05, 3.63) is 47.5 Å². The number of nitrogens with zero attached hydrogens (tertiary/aromatic N) is 1. The lowest BCUT2D eigenvalue weighted by Crippen LogP contribution is -2.39. The Balaban J connectivity index is 1.77. The molecule has 1 aromatic carbocycles. The third kappa shape index (κ3) is 5.23. The average Bonchev–Trinajstić information content (AvgIpc) is 2.55. The summed E-state index contributed by atoms with van der Waals surface area (Å²) in [5.74, 6) is 0.846. The Labute approximate surface area is 127 Å². The Morgan fingerprint density at radius 1 is 1.33 bits per heavy atom. The van der Waals surface area contributed by atoms with Crippen molar-refractivity contribution in [1.82, 2.24) is 10.6 Å². The van der Waals surface area contributed by atoms with Gasteiger partial charge in [0.15, 0.2) is 5.96 Å². The lowest BCUT2D eigenvalue weighted by Gasteiger charge is -2.19. The molecule has 0 spiro atoms. The van der Waals surface area contributed by atoms with Gasteiger partial charge in [-0.15, -0.1) is 0 Å². The van der Waals surface area contributed by atoms with Crippen LogP contribution in [0.4, 0.5) is 0 Å². The summed E-state index contributed by atoms with van der Waals surface area (Å²) in [4.78, 5) is 4.29. The first-order chi connectivity index (χ1) is 10.3. The second kappa shape index (κ2) is 8.47. The molecule has 1 aromatic rings. The summed E-state index contributed by atoms with van der Waals surface area (Å²) >= 11 is 0. The highest BCUT2D eigenvalue weighted by atomic mass is 16.5. The molecule has 114 valence electrons. The zero-order chi connectivity index (χ0) is 14.9. The van der Waals surface area contributed by atoms with E-state index >= 15 is 0 Å². The van der Waals surface area contributed by atoms with Crippen LogP contribution in [0.25, 0.3) is 0 Å². The highest BCUT2D eigenvalue weighted by molar-refractivity contribution is 5.80. The summed E-state index contributed by atoms with van der Waals surface area (Å²) in [7, 11) is 1.81. The fourth-order valence-corrected chi connectivity index (χ4v) is 2.36. The molecule has 0 saturated heterocycles. The van der Waals surface area contributed by atoms with E-state index in [1.165, 1.54) is 11.1 Å². The second-order valence-corrected chi connectivity index (χ2v) is 5.21. The third-order valence-electron chi connectivity index (χ3n) is 3.67. The lowest BCUT2D eigenvalue weighted by molar-refractivity contribution is 0.153. The highest BCUT2D eigenvalue weighted by Gasteiger charge is 2.08. The van der Waals surface area contributed by atoms with Gasteiger partial charge in [0, 0.05) is 13.6 Å². The van der Waals surface area contributed by atoms with Crippen molar-refractivity contribution in [1.29, 1.82) is 0 Å². The largest absolute Gasteiger partial charge is 0.377 e. The van der Waals surface area contributed by atoms with Crippen molar-refractivity contribution < 1.29 is 4.74 Å². The van der Waals surface area contributed by atoms with E-state index in [4.69, 9.17) is 4.74 Å². The molecule has 4 heteroatoms. The third-order valence-corrected chi connectivity index (χ3v) is 3.67. The number of ether oxygens (including phenoxy) is 1. The monoisotopic (exact) mass is 287 g/mol. The van der Waals surface area contributed by atoms with Crippen molar-refractivity contribution >= 4 is 5.96 Å². The van der Waals surface area contributed by atoms with Crippen molar-refractivity contribution in [3.8, 4) is 0 Å². The normalized spacial score (nSPS) is 17.0. The fourth-order valence-electron chi connectivity index (χ4n) is 2.36. The molecule has 1 aliphatic rings. The minimum absolute atomic E-state index is 0.236. The van der Waals surface area contributed by atoms with Crippen LogP contribution in [0, 0.1) is 0 Å². The SMILES string of the molecule is CN=C(NCCC1=CCOCC1)NC(C)c1ccccc1. The first-order valence-corrected chi connectivity index (χ1v) is 7.57. The molecule has 0 bridgehead atoms. The molecule has 21 heavy (non-hydrogen) atoms. The molecule has 0 saturated carbocycles. The van der Waals surface area contributed by atoms with Crippen LogP contribution < -0.4 is 10.6 Å². The molecule has 0 fully saturated rings. The van der Waals surface area contributed by atoms with Crippen LogP contribution in [-0.4, -0.2) is 32.8 Å². The van der Waals surface area contributed by atoms with E-state index < -0.39 is 0 Å². The summed E-state index contributed by atoms with van der Waals surface area (Å²) < 4.78 is 5.32. The minimum Gasteiger partial charge on any atom is -0.377 e. The smallest absolute Gasteiger partial charge is 0.191 e. The van der Waals surface area contributed by atoms with E-state index in [-0.39, 0.29) is 6.04 Å².